The largest absolute Gasteiger partial charge is 0.414 e. The van der Waals surface area contributed by atoms with Crippen molar-refractivity contribution in [3.63, 3.8) is 0 Å². The van der Waals surface area contributed by atoms with Crippen molar-refractivity contribution in [2.45, 2.75) is 186 Å². The molecule has 410 valence electrons. The second kappa shape index (κ2) is 24.9. The quantitative estimate of drug-likeness (QED) is 0.0736. The van der Waals surface area contributed by atoms with Crippen LogP contribution in [0.5, 0.6) is 0 Å². The van der Waals surface area contributed by atoms with Crippen LogP contribution < -0.4 is 30.2 Å². The monoisotopic (exact) mass is 1100 g/mol. The highest BCUT2D eigenvalue weighted by Crippen LogP contribution is 2.43. The predicted molar refractivity (Wildman–Crippen MR) is 309 cm³/mol. The molecule has 4 heterocycles. The average Bonchev–Trinajstić information content (AvgIpc) is 3.35. The molecule has 2 saturated carbocycles. The third-order valence-electron chi connectivity index (χ3n) is 16.1. The molecule has 4 aromatic rings. The molecule has 16 nitrogen and oxygen atoms in total. The molecule has 0 radical (unpaired) electrons. The van der Waals surface area contributed by atoms with Gasteiger partial charge in [0.2, 0.25) is 11.9 Å². The summed E-state index contributed by atoms with van der Waals surface area (Å²) in [5, 5.41) is 27.3. The van der Waals surface area contributed by atoms with Crippen LogP contribution in [0.1, 0.15) is 125 Å². The lowest BCUT2D eigenvalue weighted by Crippen LogP contribution is -2.52. The molecular weight excluding hydrogens is 1020 g/mol. The van der Waals surface area contributed by atoms with E-state index in [4.69, 9.17) is 42.0 Å². The van der Waals surface area contributed by atoms with Crippen LogP contribution in [0.3, 0.4) is 0 Å². The van der Waals surface area contributed by atoms with Crippen LogP contribution in [-0.2, 0) is 21.9 Å². The first-order chi connectivity index (χ1) is 35.5. The van der Waals surface area contributed by atoms with E-state index < -0.39 is 16.6 Å². The van der Waals surface area contributed by atoms with Gasteiger partial charge in [0, 0.05) is 41.7 Å². The van der Waals surface area contributed by atoms with E-state index in [0.29, 0.717) is 93.9 Å². The fourth-order valence-electron chi connectivity index (χ4n) is 11.1. The van der Waals surface area contributed by atoms with E-state index in [1.165, 1.54) is 4.90 Å². The minimum Gasteiger partial charge on any atom is -0.414 e. The van der Waals surface area contributed by atoms with Gasteiger partial charge in [0.25, 0.3) is 0 Å². The van der Waals surface area contributed by atoms with Gasteiger partial charge in [0.1, 0.15) is 11.6 Å². The lowest BCUT2D eigenvalue weighted by molar-refractivity contribution is 0.126. The minimum atomic E-state index is -2.11. The third-order valence-corrected chi connectivity index (χ3v) is 27.4. The summed E-state index contributed by atoms with van der Waals surface area (Å²) in [5.41, 5.74) is 4.32. The van der Waals surface area contributed by atoms with Gasteiger partial charge in [0.15, 0.2) is 16.6 Å². The summed E-state index contributed by atoms with van der Waals surface area (Å²) >= 11 is 12.9. The van der Waals surface area contributed by atoms with Crippen molar-refractivity contribution in [3.8, 4) is 0 Å². The van der Waals surface area contributed by atoms with E-state index in [2.05, 4.69) is 96.0 Å². The molecule has 2 aromatic carbocycles. The van der Waals surface area contributed by atoms with Crippen LogP contribution in [0, 0.1) is 0 Å². The number of benzene rings is 2. The Hall–Kier alpha value is -4.41. The van der Waals surface area contributed by atoms with Crippen LogP contribution >= 0.6 is 23.2 Å². The number of halogens is 2. The van der Waals surface area contributed by atoms with Gasteiger partial charge in [-0.25, -0.2) is 19.6 Å². The number of urea groups is 2. The molecule has 0 atom stereocenters. The summed E-state index contributed by atoms with van der Waals surface area (Å²) in [6, 6.07) is 14.7. The van der Waals surface area contributed by atoms with E-state index in [9.17, 15) is 19.8 Å². The number of anilines is 6. The van der Waals surface area contributed by atoms with Gasteiger partial charge in [-0.1, -0.05) is 110 Å². The molecule has 4 N–H and O–H groups in total. The zero-order chi connectivity index (χ0) is 54.4. The Balaban J connectivity index is 0.000000242. The van der Waals surface area contributed by atoms with Crippen LogP contribution in [0.2, 0.25) is 44.8 Å². The second-order valence-corrected chi connectivity index (χ2v) is 34.1. The second-order valence-electron chi connectivity index (χ2n) is 23.1. The van der Waals surface area contributed by atoms with Crippen LogP contribution in [0.4, 0.5) is 44.5 Å². The number of hydrogen-bond donors (Lipinski definition) is 4. The number of fused-ring (bicyclic) bond motifs is 2. The van der Waals surface area contributed by atoms with Crippen molar-refractivity contribution in [1.29, 1.82) is 0 Å². The number of amides is 4. The van der Waals surface area contributed by atoms with Gasteiger partial charge in [-0.3, -0.25) is 19.6 Å². The maximum atomic E-state index is 14.2. The third kappa shape index (κ3) is 13.5. The van der Waals surface area contributed by atoms with Crippen LogP contribution in [-0.4, -0.2) is 109 Å². The Morgan fingerprint density at radius 2 is 1.11 bits per heavy atom. The standard InChI is InChI=1S/C35H58ClN5O3Si2.C20H24ClN5O3/c1-24(2)46(25(3)4,26(5)6)43-21-20-40-32-27(23-41(34(40)42)31-15-13-12-14-30(31)36)22-37-33(39-32)38-28-16-18-29(19-17-28)44-45(10,11)35(7,8)9;21-16-3-1-2-4-17(16)26-12-13-11-22-19(23-14-5-7-15(28)8-6-14)24-18(13)25(9-10-27)20(26)29/h12-15,22,24-26,28-29H,16-21,23H2,1-11H3,(H,37,38,39);1-4,11,14-15,27-28H,5-10,12H2,(H,22,23,24). The molecule has 0 bridgehead atoms. The summed E-state index contributed by atoms with van der Waals surface area (Å²) in [7, 11) is -3.91. The maximum Gasteiger partial charge on any atom is 0.330 e. The number of aromatic nitrogens is 4. The average molecular weight is 1110 g/mol. The molecule has 0 saturated heterocycles. The summed E-state index contributed by atoms with van der Waals surface area (Å²) in [6.07, 6.45) is 10.9. The van der Waals surface area contributed by atoms with Crippen LogP contribution in [0.15, 0.2) is 60.9 Å². The molecule has 20 heteroatoms. The Labute approximate surface area is 457 Å². The molecule has 75 heavy (non-hydrogen) atoms. The number of carbonyl (C=O) groups excluding carboxylic acids is 2. The molecule has 2 aliphatic carbocycles. The Kier molecular flexibility index (Phi) is 19.4. The summed E-state index contributed by atoms with van der Waals surface area (Å²) in [4.78, 5) is 52.5. The number of para-hydroxylation sites is 2. The molecular formula is C55H82Cl2N10O6Si2. The van der Waals surface area contributed by atoms with Crippen molar-refractivity contribution >= 4 is 86.8 Å². The van der Waals surface area contributed by atoms with Gasteiger partial charge < -0.3 is 29.7 Å². The highest BCUT2D eigenvalue weighted by atomic mass is 35.5. The van der Waals surface area contributed by atoms with E-state index in [1.54, 1.807) is 33.0 Å². The highest BCUT2D eigenvalue weighted by molar-refractivity contribution is 6.77. The van der Waals surface area contributed by atoms with Crippen molar-refractivity contribution in [2.75, 3.05) is 56.5 Å². The number of β-amino-alcohol motifs (C(OH)–C–C–N with tert-alkyl or cyclic N) is 1. The van der Waals surface area contributed by atoms with Gasteiger partial charge in [-0.15, -0.1) is 0 Å². The van der Waals surface area contributed by atoms with Gasteiger partial charge >= 0.3 is 12.1 Å². The van der Waals surface area contributed by atoms with Crippen molar-refractivity contribution in [2.24, 2.45) is 0 Å². The normalized spacial score (nSPS) is 20.6. The van der Waals surface area contributed by atoms with E-state index in [-0.39, 0.29) is 48.4 Å². The molecule has 4 aliphatic rings. The molecule has 4 amide bonds. The number of nitrogens with zero attached hydrogens (tertiary/aromatic N) is 8. The number of nitrogens with one attached hydrogen (secondary N) is 2. The first-order valence-corrected chi connectivity index (χ1v) is 32.9. The molecule has 8 rings (SSSR count). The number of hydrogen-bond acceptors (Lipinski definition) is 12. The first-order valence-electron chi connectivity index (χ1n) is 27.1. The van der Waals surface area contributed by atoms with E-state index >= 15 is 0 Å². The summed E-state index contributed by atoms with van der Waals surface area (Å²) in [5.74, 6) is 2.16. The maximum absolute atomic E-state index is 14.2. The van der Waals surface area contributed by atoms with Gasteiger partial charge in [-0.2, -0.15) is 9.97 Å². The topological polar surface area (TPSA) is 182 Å². The van der Waals surface area contributed by atoms with Crippen molar-refractivity contribution < 1.29 is 28.7 Å². The Morgan fingerprint density at radius 3 is 1.52 bits per heavy atom. The first kappa shape index (κ1) is 58.3. The lowest BCUT2D eigenvalue weighted by atomic mass is 9.93. The Morgan fingerprint density at radius 1 is 0.680 bits per heavy atom. The Bertz CT molecular complexity index is 2550. The fraction of sp³-hybridized carbons (Fsp3) is 0.600. The fourth-order valence-corrected chi connectivity index (χ4v) is 18.5. The molecule has 0 unspecified atom stereocenters. The molecule has 0 spiro atoms. The summed E-state index contributed by atoms with van der Waals surface area (Å²) in [6.45, 7) is 26.7. The zero-order valence-electron chi connectivity index (χ0n) is 46.1. The van der Waals surface area contributed by atoms with Crippen LogP contribution in [0.25, 0.3) is 0 Å². The van der Waals surface area contributed by atoms with Gasteiger partial charge in [-0.05, 0) is 110 Å². The predicted octanol–water partition coefficient (Wildman–Crippen LogP) is 12.8. The van der Waals surface area contributed by atoms with Crippen molar-refractivity contribution in [1.82, 2.24) is 19.9 Å². The molecule has 2 fully saturated rings. The van der Waals surface area contributed by atoms with Gasteiger partial charge in [0.05, 0.1) is 66.9 Å². The highest BCUT2D eigenvalue weighted by Gasteiger charge is 2.46. The number of aliphatic hydroxyl groups is 2. The number of aliphatic hydroxyl groups excluding tert-OH is 2. The molecule has 2 aromatic heterocycles. The SMILES string of the molecule is CC(C)[Si](OCCN1C(=O)N(c2ccccc2Cl)Cc2cnc(NC3CCC(O[Si](C)(C)C(C)(C)C)CC3)nc21)(C(C)C)C(C)C.O=C1N(c2ccccc2Cl)Cc2cnc(NC3CCC(O)CC3)nc2N1CCO. The van der Waals surface area contributed by atoms with Crippen molar-refractivity contribution in [3.05, 3.63) is 82.1 Å². The molecule has 2 aliphatic heterocycles. The van der Waals surface area contributed by atoms with E-state index in [1.807, 2.05) is 42.6 Å². The smallest absolute Gasteiger partial charge is 0.330 e. The number of carbonyl (C=O) groups is 2. The minimum absolute atomic E-state index is 0.124. The summed E-state index contributed by atoms with van der Waals surface area (Å²) < 4.78 is 13.6. The number of rotatable bonds is 17. The zero-order valence-corrected chi connectivity index (χ0v) is 49.6. The van der Waals surface area contributed by atoms with E-state index in [0.717, 1.165) is 62.5 Å². The lowest BCUT2D eigenvalue weighted by Gasteiger charge is -2.43.